The van der Waals surface area contributed by atoms with Gasteiger partial charge >= 0.3 is 0 Å². The van der Waals surface area contributed by atoms with E-state index in [1.54, 1.807) is 6.07 Å². The molecule has 1 aliphatic heterocycles. The first-order chi connectivity index (χ1) is 13.3. The van der Waals surface area contributed by atoms with Crippen molar-refractivity contribution in [1.29, 1.82) is 0 Å². The topological polar surface area (TPSA) is 60.0 Å². The molecule has 2 aromatic heterocycles. The van der Waals surface area contributed by atoms with Gasteiger partial charge in [-0.15, -0.1) is 5.10 Å². The second-order valence-corrected chi connectivity index (χ2v) is 7.11. The highest BCUT2D eigenvalue weighted by Gasteiger charge is 2.24. The molecule has 1 aliphatic rings. The van der Waals surface area contributed by atoms with Crippen LogP contribution in [-0.2, 0) is 6.54 Å². The molecule has 3 heterocycles. The fraction of sp³-hybridized carbons (Fsp3) is 0.350. The van der Waals surface area contributed by atoms with Gasteiger partial charge in [0.15, 0.2) is 5.58 Å². The van der Waals surface area contributed by atoms with Crippen molar-refractivity contribution in [2.24, 2.45) is 0 Å². The van der Waals surface area contributed by atoms with E-state index < -0.39 is 5.95 Å². The number of hydrogen-bond acceptors (Lipinski definition) is 5. The summed E-state index contributed by atoms with van der Waals surface area (Å²) in [5.41, 5.74) is 3.56. The second kappa shape index (κ2) is 6.74. The molecule has 138 valence electrons. The summed E-state index contributed by atoms with van der Waals surface area (Å²) in [7, 11) is 0. The van der Waals surface area contributed by atoms with Crippen LogP contribution in [0.1, 0.15) is 24.3 Å². The predicted molar refractivity (Wildman–Crippen MR) is 99.9 cm³/mol. The highest BCUT2D eigenvalue weighted by Crippen LogP contribution is 2.34. The monoisotopic (exact) mass is 365 g/mol. The Bertz CT molecular complexity index is 1080. The normalized spacial score (nSPS) is 16.5. The van der Waals surface area contributed by atoms with Crippen molar-refractivity contribution in [3.8, 4) is 0 Å². The summed E-state index contributed by atoms with van der Waals surface area (Å²) in [5, 5.41) is 12.5. The zero-order chi connectivity index (χ0) is 18.2. The smallest absolute Gasteiger partial charge is 0.261 e. The molecule has 2 aromatic carbocycles. The van der Waals surface area contributed by atoms with Gasteiger partial charge in [0.2, 0.25) is 0 Å². The van der Waals surface area contributed by atoms with Gasteiger partial charge in [-0.05, 0) is 60.8 Å². The quantitative estimate of drug-likeness (QED) is 0.553. The third-order valence-electron chi connectivity index (χ3n) is 5.56. The van der Waals surface area contributed by atoms with Crippen molar-refractivity contribution in [3.05, 3.63) is 54.0 Å². The molecular weight excluding hydrogens is 345 g/mol. The molecule has 0 bridgehead atoms. The molecule has 0 aliphatic carbocycles. The van der Waals surface area contributed by atoms with Crippen molar-refractivity contribution >= 4 is 22.0 Å². The van der Waals surface area contributed by atoms with E-state index in [2.05, 4.69) is 26.4 Å². The zero-order valence-corrected chi connectivity index (χ0v) is 14.9. The largest absolute Gasteiger partial charge is 0.353 e. The maximum absolute atomic E-state index is 14.0. The third kappa shape index (κ3) is 2.98. The number of halogens is 1. The lowest BCUT2D eigenvalue weighted by molar-refractivity contribution is 0.203. The number of rotatable bonds is 4. The van der Waals surface area contributed by atoms with Gasteiger partial charge in [-0.3, -0.25) is 0 Å². The fourth-order valence-electron chi connectivity index (χ4n) is 4.11. The molecule has 0 atom stereocenters. The molecule has 0 radical (unpaired) electrons. The van der Waals surface area contributed by atoms with E-state index in [1.165, 1.54) is 0 Å². The van der Waals surface area contributed by atoms with E-state index in [1.807, 2.05) is 35.0 Å². The Balaban J connectivity index is 1.24. The van der Waals surface area contributed by atoms with Crippen LogP contribution in [0.3, 0.4) is 0 Å². The number of hydrogen-bond donors (Lipinski definition) is 0. The zero-order valence-electron chi connectivity index (χ0n) is 14.9. The minimum absolute atomic E-state index is 0.339. The molecule has 0 unspecified atom stereocenters. The van der Waals surface area contributed by atoms with Crippen molar-refractivity contribution in [3.63, 3.8) is 0 Å². The summed E-state index contributed by atoms with van der Waals surface area (Å²) >= 11 is 0. The van der Waals surface area contributed by atoms with E-state index in [4.69, 9.17) is 4.52 Å². The number of aromatic nitrogens is 4. The number of para-hydroxylation sites is 1. The Hall–Kier alpha value is -2.80. The van der Waals surface area contributed by atoms with Gasteiger partial charge in [-0.25, -0.2) is 4.68 Å². The van der Waals surface area contributed by atoms with Crippen LogP contribution in [0.15, 0.2) is 47.0 Å². The van der Waals surface area contributed by atoms with Gasteiger partial charge in [0.1, 0.15) is 5.52 Å². The highest BCUT2D eigenvalue weighted by molar-refractivity contribution is 5.81. The molecular formula is C20H20FN5O. The first kappa shape index (κ1) is 16.4. The lowest BCUT2D eigenvalue weighted by atomic mass is 9.87. The van der Waals surface area contributed by atoms with Crippen LogP contribution in [0.4, 0.5) is 4.39 Å². The Morgan fingerprint density at radius 1 is 1.04 bits per heavy atom. The predicted octanol–water partition coefficient (Wildman–Crippen LogP) is 3.59. The Morgan fingerprint density at radius 2 is 1.89 bits per heavy atom. The summed E-state index contributed by atoms with van der Waals surface area (Å²) in [6, 6.07) is 13.7. The summed E-state index contributed by atoms with van der Waals surface area (Å²) in [5.74, 6) is -0.160. The fourth-order valence-corrected chi connectivity index (χ4v) is 4.11. The molecule has 0 amide bonds. The van der Waals surface area contributed by atoms with E-state index in [0.29, 0.717) is 16.9 Å². The maximum atomic E-state index is 14.0. The molecule has 1 saturated heterocycles. The van der Waals surface area contributed by atoms with Crippen LogP contribution in [-0.4, -0.2) is 44.7 Å². The molecule has 6 nitrogen and oxygen atoms in total. The molecule has 4 aromatic rings. The summed E-state index contributed by atoms with van der Waals surface area (Å²) < 4.78 is 21.0. The van der Waals surface area contributed by atoms with Gasteiger partial charge in [0.25, 0.3) is 5.95 Å². The highest BCUT2D eigenvalue weighted by atomic mass is 19.1. The second-order valence-electron chi connectivity index (χ2n) is 7.11. The lowest BCUT2D eigenvalue weighted by Crippen LogP contribution is -2.35. The van der Waals surface area contributed by atoms with Crippen molar-refractivity contribution < 1.29 is 8.91 Å². The van der Waals surface area contributed by atoms with Crippen molar-refractivity contribution in [1.82, 2.24) is 25.1 Å². The molecule has 0 saturated carbocycles. The SMILES string of the molecule is Fc1noc2cccc(C3CCN(CCn4nnc5ccccc54)CC3)c12. The average molecular weight is 365 g/mol. The lowest BCUT2D eigenvalue weighted by Gasteiger charge is -2.32. The van der Waals surface area contributed by atoms with E-state index in [0.717, 1.165) is 55.6 Å². The maximum Gasteiger partial charge on any atom is 0.261 e. The standard InChI is InChI=1S/C20H20FN5O/c21-20-19-15(4-3-7-18(19)27-23-20)14-8-10-25(11-9-14)12-13-26-17-6-2-1-5-16(17)22-24-26/h1-7,14H,8-13H2. The number of fused-ring (bicyclic) bond motifs is 2. The van der Waals surface area contributed by atoms with Crippen LogP contribution >= 0.6 is 0 Å². The molecule has 0 spiro atoms. The van der Waals surface area contributed by atoms with Gasteiger partial charge in [0, 0.05) is 6.54 Å². The minimum Gasteiger partial charge on any atom is -0.353 e. The molecule has 7 heteroatoms. The Labute approximate surface area is 155 Å². The molecule has 0 N–H and O–H groups in total. The van der Waals surface area contributed by atoms with Gasteiger partial charge in [0.05, 0.1) is 17.4 Å². The van der Waals surface area contributed by atoms with E-state index in [-0.39, 0.29) is 0 Å². The summed E-state index contributed by atoms with van der Waals surface area (Å²) in [6.07, 6.45) is 2.00. The summed E-state index contributed by atoms with van der Waals surface area (Å²) in [6.45, 7) is 3.73. The Kier molecular flexibility index (Phi) is 4.09. The molecule has 27 heavy (non-hydrogen) atoms. The molecule has 1 fully saturated rings. The third-order valence-corrected chi connectivity index (χ3v) is 5.56. The van der Waals surface area contributed by atoms with E-state index in [9.17, 15) is 4.39 Å². The van der Waals surface area contributed by atoms with E-state index >= 15 is 0 Å². The Morgan fingerprint density at radius 3 is 2.78 bits per heavy atom. The summed E-state index contributed by atoms with van der Waals surface area (Å²) in [4.78, 5) is 2.44. The molecule has 5 rings (SSSR count). The van der Waals surface area contributed by atoms with Crippen molar-refractivity contribution in [2.45, 2.75) is 25.3 Å². The minimum atomic E-state index is -0.499. The number of benzene rings is 2. The number of nitrogens with zero attached hydrogens (tertiary/aromatic N) is 5. The van der Waals surface area contributed by atoms with Crippen LogP contribution in [0.2, 0.25) is 0 Å². The van der Waals surface area contributed by atoms with Gasteiger partial charge in [-0.2, -0.15) is 4.39 Å². The van der Waals surface area contributed by atoms with Crippen LogP contribution < -0.4 is 0 Å². The number of piperidine rings is 1. The first-order valence-electron chi connectivity index (χ1n) is 9.34. The average Bonchev–Trinajstić information content (AvgIpc) is 3.31. The van der Waals surface area contributed by atoms with Gasteiger partial charge in [-0.1, -0.05) is 29.5 Å². The number of likely N-dealkylation sites (tertiary alicyclic amines) is 1. The van der Waals surface area contributed by atoms with Crippen LogP contribution in [0, 0.1) is 5.95 Å². The first-order valence-corrected chi connectivity index (χ1v) is 9.34. The van der Waals surface area contributed by atoms with Crippen LogP contribution in [0.5, 0.6) is 0 Å². The van der Waals surface area contributed by atoms with Crippen molar-refractivity contribution in [2.75, 3.05) is 19.6 Å². The van der Waals surface area contributed by atoms with Crippen LogP contribution in [0.25, 0.3) is 22.0 Å². The van der Waals surface area contributed by atoms with Gasteiger partial charge < -0.3 is 9.42 Å².